The van der Waals surface area contributed by atoms with Crippen molar-refractivity contribution in [2.75, 3.05) is 13.1 Å². The van der Waals surface area contributed by atoms with Gasteiger partial charge in [-0.1, -0.05) is 29.3 Å². The zero-order chi connectivity index (χ0) is 16.8. The van der Waals surface area contributed by atoms with E-state index in [1.54, 1.807) is 12.1 Å². The van der Waals surface area contributed by atoms with Crippen LogP contribution in [0.1, 0.15) is 38.3 Å². The number of carbonyl (C=O) groups excluding carboxylic acids is 1. The van der Waals surface area contributed by atoms with E-state index in [1.165, 1.54) is 0 Å². The Hall–Kier alpha value is -1.46. The lowest BCUT2D eigenvalue weighted by Gasteiger charge is -2.19. The van der Waals surface area contributed by atoms with E-state index in [2.05, 4.69) is 20.9 Å². The number of benzene rings is 1. The quantitative estimate of drug-likeness (QED) is 0.542. The molecular formula is C16H22Cl2N4O. The molecule has 5 nitrogen and oxygen atoms in total. The van der Waals surface area contributed by atoms with Gasteiger partial charge in [-0.3, -0.25) is 4.79 Å². The standard InChI is InChI=1S/C16H22Cl2N4O/c1-3-19-16(20-9-15(23)22-12-5-6-12)21-10(2)13-7-4-11(17)8-14(13)18/h4,7-8,10,12H,3,5-6,9H2,1-2H3,(H,22,23)(H2,19,20,21). The van der Waals surface area contributed by atoms with E-state index in [0.717, 1.165) is 18.4 Å². The molecule has 0 spiro atoms. The molecule has 0 saturated heterocycles. The Balaban J connectivity index is 1.97. The summed E-state index contributed by atoms with van der Waals surface area (Å²) >= 11 is 12.2. The van der Waals surface area contributed by atoms with Gasteiger partial charge < -0.3 is 16.0 Å². The minimum absolute atomic E-state index is 0.0538. The van der Waals surface area contributed by atoms with E-state index >= 15 is 0 Å². The first-order valence-electron chi connectivity index (χ1n) is 7.78. The van der Waals surface area contributed by atoms with E-state index in [0.29, 0.717) is 28.6 Å². The highest BCUT2D eigenvalue weighted by atomic mass is 35.5. The molecule has 0 heterocycles. The van der Waals surface area contributed by atoms with Gasteiger partial charge in [-0.15, -0.1) is 0 Å². The van der Waals surface area contributed by atoms with Crippen LogP contribution >= 0.6 is 23.2 Å². The zero-order valence-corrected chi connectivity index (χ0v) is 14.8. The van der Waals surface area contributed by atoms with E-state index < -0.39 is 0 Å². The Morgan fingerprint density at radius 3 is 2.74 bits per heavy atom. The number of carbonyl (C=O) groups is 1. The molecule has 7 heteroatoms. The van der Waals surface area contributed by atoms with Gasteiger partial charge in [0.15, 0.2) is 5.96 Å². The van der Waals surface area contributed by atoms with Crippen LogP contribution in [-0.4, -0.2) is 31.0 Å². The second-order valence-corrected chi connectivity index (χ2v) is 6.41. The average Bonchev–Trinajstić information content (AvgIpc) is 3.28. The summed E-state index contributed by atoms with van der Waals surface area (Å²) in [5.74, 6) is 0.527. The number of hydrogen-bond donors (Lipinski definition) is 3. The van der Waals surface area contributed by atoms with Gasteiger partial charge in [0.1, 0.15) is 6.54 Å². The minimum Gasteiger partial charge on any atom is -0.357 e. The van der Waals surface area contributed by atoms with E-state index in [-0.39, 0.29) is 18.5 Å². The van der Waals surface area contributed by atoms with Crippen LogP contribution in [0.4, 0.5) is 0 Å². The van der Waals surface area contributed by atoms with Crippen molar-refractivity contribution in [2.45, 2.75) is 38.8 Å². The molecule has 1 unspecified atom stereocenters. The van der Waals surface area contributed by atoms with Gasteiger partial charge in [0, 0.05) is 22.6 Å². The molecule has 3 N–H and O–H groups in total. The Labute approximate surface area is 146 Å². The summed E-state index contributed by atoms with van der Waals surface area (Å²) in [5, 5.41) is 10.5. The fraction of sp³-hybridized carbons (Fsp3) is 0.500. The lowest BCUT2D eigenvalue weighted by molar-refractivity contribution is -0.119. The van der Waals surface area contributed by atoms with E-state index in [1.807, 2.05) is 19.9 Å². The van der Waals surface area contributed by atoms with Crippen molar-refractivity contribution in [3.63, 3.8) is 0 Å². The average molecular weight is 357 g/mol. The fourth-order valence-electron chi connectivity index (χ4n) is 2.11. The predicted octanol–water partition coefficient (Wildman–Crippen LogP) is 2.89. The minimum atomic E-state index is -0.0657. The maximum Gasteiger partial charge on any atom is 0.242 e. The van der Waals surface area contributed by atoms with Crippen LogP contribution < -0.4 is 16.0 Å². The van der Waals surface area contributed by atoms with Crippen molar-refractivity contribution in [3.8, 4) is 0 Å². The fourth-order valence-corrected chi connectivity index (χ4v) is 2.68. The summed E-state index contributed by atoms with van der Waals surface area (Å²) in [6.07, 6.45) is 2.14. The first-order valence-corrected chi connectivity index (χ1v) is 8.54. The number of guanidine groups is 1. The first-order chi connectivity index (χ1) is 11.0. The summed E-state index contributed by atoms with van der Waals surface area (Å²) in [7, 11) is 0. The summed E-state index contributed by atoms with van der Waals surface area (Å²) in [6, 6.07) is 5.67. The summed E-state index contributed by atoms with van der Waals surface area (Å²) < 4.78 is 0. The van der Waals surface area contributed by atoms with Gasteiger partial charge in [-0.25, -0.2) is 4.99 Å². The zero-order valence-electron chi connectivity index (χ0n) is 13.3. The third-order valence-electron chi connectivity index (χ3n) is 3.45. The molecule has 1 saturated carbocycles. The third kappa shape index (κ3) is 5.92. The molecule has 1 amide bonds. The highest BCUT2D eigenvalue weighted by molar-refractivity contribution is 6.35. The smallest absolute Gasteiger partial charge is 0.242 e. The van der Waals surface area contributed by atoms with Crippen molar-refractivity contribution in [2.24, 2.45) is 4.99 Å². The van der Waals surface area contributed by atoms with Crippen molar-refractivity contribution in [1.82, 2.24) is 16.0 Å². The molecule has 1 atom stereocenters. The number of hydrogen-bond acceptors (Lipinski definition) is 2. The number of amides is 1. The molecule has 126 valence electrons. The Morgan fingerprint density at radius 2 is 2.13 bits per heavy atom. The van der Waals surface area contributed by atoms with Crippen LogP contribution in [0.5, 0.6) is 0 Å². The number of halogens is 2. The number of rotatable bonds is 6. The SMILES string of the molecule is CCNC(=NCC(=O)NC1CC1)NC(C)c1ccc(Cl)cc1Cl. The molecule has 1 aliphatic carbocycles. The Morgan fingerprint density at radius 1 is 1.39 bits per heavy atom. The van der Waals surface area contributed by atoms with Crippen molar-refractivity contribution in [3.05, 3.63) is 33.8 Å². The lowest BCUT2D eigenvalue weighted by atomic mass is 10.1. The molecule has 1 aromatic rings. The molecular weight excluding hydrogens is 335 g/mol. The summed E-state index contributed by atoms with van der Waals surface area (Å²) in [5.41, 5.74) is 0.920. The summed E-state index contributed by atoms with van der Waals surface area (Å²) in [6.45, 7) is 4.76. The van der Waals surface area contributed by atoms with Crippen LogP contribution in [0.3, 0.4) is 0 Å². The van der Waals surface area contributed by atoms with Crippen LogP contribution in [0.2, 0.25) is 10.0 Å². The van der Waals surface area contributed by atoms with Gasteiger partial charge in [-0.05, 0) is 44.4 Å². The number of nitrogens with one attached hydrogen (secondary N) is 3. The summed E-state index contributed by atoms with van der Waals surface area (Å²) in [4.78, 5) is 16.1. The van der Waals surface area contributed by atoms with Crippen molar-refractivity contribution < 1.29 is 4.79 Å². The predicted molar refractivity (Wildman–Crippen MR) is 95.2 cm³/mol. The van der Waals surface area contributed by atoms with E-state index in [4.69, 9.17) is 23.2 Å². The lowest BCUT2D eigenvalue weighted by Crippen LogP contribution is -2.40. The van der Waals surface area contributed by atoms with Crippen molar-refractivity contribution in [1.29, 1.82) is 0 Å². The van der Waals surface area contributed by atoms with Crippen LogP contribution in [-0.2, 0) is 4.79 Å². The number of nitrogens with zero attached hydrogens (tertiary/aromatic N) is 1. The van der Waals surface area contributed by atoms with E-state index in [9.17, 15) is 4.79 Å². The molecule has 2 rings (SSSR count). The van der Waals surface area contributed by atoms with Crippen molar-refractivity contribution >= 4 is 35.1 Å². The Kier molecular flexibility index (Phi) is 6.54. The molecule has 1 aliphatic rings. The maximum absolute atomic E-state index is 11.7. The van der Waals surface area contributed by atoms with Gasteiger partial charge in [0.25, 0.3) is 0 Å². The largest absolute Gasteiger partial charge is 0.357 e. The topological polar surface area (TPSA) is 65.5 Å². The highest BCUT2D eigenvalue weighted by Gasteiger charge is 2.22. The van der Waals surface area contributed by atoms with Gasteiger partial charge in [0.05, 0.1) is 6.04 Å². The molecule has 1 aromatic carbocycles. The Bertz CT molecular complexity index is 587. The number of aliphatic imine (C=N–C) groups is 1. The van der Waals surface area contributed by atoms with Gasteiger partial charge >= 0.3 is 0 Å². The molecule has 1 fully saturated rings. The van der Waals surface area contributed by atoms with Crippen LogP contribution in [0.25, 0.3) is 0 Å². The second-order valence-electron chi connectivity index (χ2n) is 5.57. The molecule has 0 bridgehead atoms. The highest BCUT2D eigenvalue weighted by Crippen LogP contribution is 2.26. The van der Waals surface area contributed by atoms with Gasteiger partial charge in [-0.2, -0.15) is 0 Å². The monoisotopic (exact) mass is 356 g/mol. The third-order valence-corrected chi connectivity index (χ3v) is 4.01. The van der Waals surface area contributed by atoms with Crippen LogP contribution in [0, 0.1) is 0 Å². The molecule has 23 heavy (non-hydrogen) atoms. The molecule has 0 radical (unpaired) electrons. The second kappa shape index (κ2) is 8.41. The first kappa shape index (κ1) is 17.9. The molecule has 0 aliphatic heterocycles. The maximum atomic E-state index is 11.7. The van der Waals surface area contributed by atoms with Crippen LogP contribution in [0.15, 0.2) is 23.2 Å². The normalized spacial score (nSPS) is 15.9. The van der Waals surface area contributed by atoms with Gasteiger partial charge in [0.2, 0.25) is 5.91 Å². The molecule has 0 aromatic heterocycles.